The van der Waals surface area contributed by atoms with Crippen LogP contribution < -0.4 is 4.90 Å². The third kappa shape index (κ3) is 2.86. The van der Waals surface area contributed by atoms with Crippen LogP contribution in [0, 0.1) is 27.4 Å². The monoisotopic (exact) mass is 276 g/mol. The summed E-state index contributed by atoms with van der Waals surface area (Å²) in [5, 5.41) is 29.4. The molecule has 1 unspecified atom stereocenters. The van der Waals surface area contributed by atoms with E-state index in [-0.39, 0.29) is 23.3 Å². The van der Waals surface area contributed by atoms with Gasteiger partial charge in [0.15, 0.2) is 0 Å². The molecule has 1 aliphatic heterocycles. The van der Waals surface area contributed by atoms with E-state index in [4.69, 9.17) is 5.26 Å². The Morgan fingerprint density at radius 2 is 2.25 bits per heavy atom. The number of pyridine rings is 1. The average molecular weight is 276 g/mol. The second-order valence-corrected chi connectivity index (χ2v) is 5.00. The topological polar surface area (TPSA) is 103 Å². The van der Waals surface area contributed by atoms with Gasteiger partial charge in [0.1, 0.15) is 6.07 Å². The lowest BCUT2D eigenvalue weighted by Gasteiger charge is -2.33. The largest absolute Gasteiger partial charge is 0.393 e. The molecule has 7 heteroatoms. The van der Waals surface area contributed by atoms with Crippen molar-refractivity contribution in [2.75, 3.05) is 18.0 Å². The molecule has 20 heavy (non-hydrogen) atoms. The number of aliphatic hydroxyl groups is 1. The SMILES string of the molecule is CC(O)C1CCN(c2ncc(C#N)cc2[N+](=O)[O-])CC1. The molecular weight excluding hydrogens is 260 g/mol. The normalized spacial score (nSPS) is 17.6. The minimum Gasteiger partial charge on any atom is -0.393 e. The minimum atomic E-state index is -0.510. The molecule has 1 fully saturated rings. The van der Waals surface area contributed by atoms with Gasteiger partial charge in [-0.15, -0.1) is 0 Å². The number of nitrogens with zero attached hydrogens (tertiary/aromatic N) is 4. The van der Waals surface area contributed by atoms with Crippen LogP contribution in [0.1, 0.15) is 25.3 Å². The summed E-state index contributed by atoms with van der Waals surface area (Å²) in [6.07, 6.45) is 2.54. The van der Waals surface area contributed by atoms with Crippen LogP contribution >= 0.6 is 0 Å². The zero-order valence-corrected chi connectivity index (χ0v) is 11.2. The smallest absolute Gasteiger partial charge is 0.312 e. The third-order valence-electron chi connectivity index (χ3n) is 3.69. The van der Waals surface area contributed by atoms with Gasteiger partial charge < -0.3 is 10.0 Å². The van der Waals surface area contributed by atoms with E-state index in [2.05, 4.69) is 4.98 Å². The van der Waals surface area contributed by atoms with Crippen LogP contribution in [-0.2, 0) is 0 Å². The first-order valence-corrected chi connectivity index (χ1v) is 6.50. The number of piperidine rings is 1. The first-order valence-electron chi connectivity index (χ1n) is 6.50. The lowest BCUT2D eigenvalue weighted by Crippen LogP contribution is -2.37. The van der Waals surface area contributed by atoms with E-state index in [1.54, 1.807) is 6.92 Å². The molecule has 0 aliphatic carbocycles. The van der Waals surface area contributed by atoms with Gasteiger partial charge in [-0.3, -0.25) is 10.1 Å². The number of nitro groups is 1. The Morgan fingerprint density at radius 1 is 1.60 bits per heavy atom. The highest BCUT2D eigenvalue weighted by Gasteiger charge is 2.28. The molecule has 0 radical (unpaired) electrons. The molecule has 0 amide bonds. The van der Waals surface area contributed by atoms with E-state index in [9.17, 15) is 15.2 Å². The number of nitriles is 1. The summed E-state index contributed by atoms with van der Waals surface area (Å²) in [4.78, 5) is 16.5. The lowest BCUT2D eigenvalue weighted by atomic mass is 9.92. The van der Waals surface area contributed by atoms with E-state index < -0.39 is 4.92 Å². The number of aliphatic hydroxyl groups excluding tert-OH is 1. The molecular formula is C13H16N4O3. The van der Waals surface area contributed by atoms with Crippen LogP contribution in [0.3, 0.4) is 0 Å². The van der Waals surface area contributed by atoms with Gasteiger partial charge in [-0.2, -0.15) is 5.26 Å². The molecule has 2 rings (SSSR count). The molecule has 0 saturated carbocycles. The second-order valence-electron chi connectivity index (χ2n) is 5.00. The Balaban J connectivity index is 2.22. The molecule has 106 valence electrons. The van der Waals surface area contributed by atoms with Gasteiger partial charge >= 0.3 is 5.69 Å². The maximum atomic E-state index is 11.1. The molecule has 1 aromatic rings. The van der Waals surface area contributed by atoms with Crippen LogP contribution in [0.15, 0.2) is 12.3 Å². The summed E-state index contributed by atoms with van der Waals surface area (Å²) >= 11 is 0. The van der Waals surface area contributed by atoms with E-state index in [0.29, 0.717) is 18.9 Å². The van der Waals surface area contributed by atoms with Gasteiger partial charge in [-0.25, -0.2) is 4.98 Å². The standard InChI is InChI=1S/C13H16N4O3/c1-9(18)11-2-4-16(5-3-11)13-12(17(19)20)6-10(7-14)8-15-13/h6,8-9,11,18H,2-5H2,1H3. The summed E-state index contributed by atoms with van der Waals surface area (Å²) in [5.41, 5.74) is 0.0406. The molecule has 1 aromatic heterocycles. The Bertz CT molecular complexity index is 545. The number of anilines is 1. The molecule has 1 N–H and O–H groups in total. The molecule has 0 aromatic carbocycles. The molecule has 0 bridgehead atoms. The number of hydrogen-bond acceptors (Lipinski definition) is 6. The molecule has 1 atom stereocenters. The second kappa shape index (κ2) is 5.84. The summed E-state index contributed by atoms with van der Waals surface area (Å²) in [6, 6.07) is 3.11. The first-order chi connectivity index (χ1) is 9.52. The quantitative estimate of drug-likeness (QED) is 0.662. The van der Waals surface area contributed by atoms with E-state index in [1.165, 1.54) is 12.3 Å². The zero-order chi connectivity index (χ0) is 14.7. The van der Waals surface area contributed by atoms with Gasteiger partial charge in [-0.1, -0.05) is 0 Å². The van der Waals surface area contributed by atoms with E-state index >= 15 is 0 Å². The van der Waals surface area contributed by atoms with Gasteiger partial charge in [0.05, 0.1) is 16.6 Å². The van der Waals surface area contributed by atoms with Gasteiger partial charge in [0, 0.05) is 25.4 Å². The maximum Gasteiger partial charge on any atom is 0.312 e. The van der Waals surface area contributed by atoms with Gasteiger partial charge in [0.2, 0.25) is 5.82 Å². The predicted octanol–water partition coefficient (Wildman–Crippen LogP) is 1.46. The molecule has 1 aliphatic rings. The molecule has 0 spiro atoms. The first kappa shape index (κ1) is 14.2. The van der Waals surface area contributed by atoms with E-state index in [0.717, 1.165) is 12.8 Å². The van der Waals surface area contributed by atoms with Crippen molar-refractivity contribution in [3.05, 3.63) is 27.9 Å². The fourth-order valence-corrected chi connectivity index (χ4v) is 2.48. The van der Waals surface area contributed by atoms with Crippen molar-refractivity contribution in [1.82, 2.24) is 4.98 Å². The highest BCUT2D eigenvalue weighted by Crippen LogP contribution is 2.30. The summed E-state index contributed by atoms with van der Waals surface area (Å²) in [5.74, 6) is 0.529. The summed E-state index contributed by atoms with van der Waals surface area (Å²) in [6.45, 7) is 3.01. The lowest BCUT2D eigenvalue weighted by molar-refractivity contribution is -0.384. The summed E-state index contributed by atoms with van der Waals surface area (Å²) in [7, 11) is 0. The van der Waals surface area contributed by atoms with Crippen molar-refractivity contribution >= 4 is 11.5 Å². The van der Waals surface area contributed by atoms with Crippen LogP contribution in [0.2, 0.25) is 0 Å². The Morgan fingerprint density at radius 3 is 2.75 bits per heavy atom. The number of rotatable bonds is 3. The van der Waals surface area contributed by atoms with Crippen molar-refractivity contribution in [3.63, 3.8) is 0 Å². The predicted molar refractivity (Wildman–Crippen MR) is 72.2 cm³/mol. The van der Waals surface area contributed by atoms with Crippen molar-refractivity contribution in [3.8, 4) is 6.07 Å². The van der Waals surface area contributed by atoms with Crippen molar-refractivity contribution < 1.29 is 10.0 Å². The maximum absolute atomic E-state index is 11.1. The van der Waals surface area contributed by atoms with Gasteiger partial charge in [0.25, 0.3) is 0 Å². The minimum absolute atomic E-state index is 0.139. The average Bonchev–Trinajstić information content (AvgIpc) is 2.46. The fourth-order valence-electron chi connectivity index (χ4n) is 2.48. The van der Waals surface area contributed by atoms with Crippen molar-refractivity contribution in [2.45, 2.75) is 25.9 Å². The molecule has 1 saturated heterocycles. The van der Waals surface area contributed by atoms with Crippen molar-refractivity contribution in [1.29, 1.82) is 5.26 Å². The van der Waals surface area contributed by atoms with Crippen LogP contribution in [0.5, 0.6) is 0 Å². The van der Waals surface area contributed by atoms with Crippen LogP contribution in [0.25, 0.3) is 0 Å². The van der Waals surface area contributed by atoms with Gasteiger partial charge in [-0.05, 0) is 25.7 Å². The third-order valence-corrected chi connectivity index (χ3v) is 3.69. The molecule has 2 heterocycles. The molecule has 7 nitrogen and oxygen atoms in total. The van der Waals surface area contributed by atoms with E-state index in [1.807, 2.05) is 11.0 Å². The Labute approximate surface area is 116 Å². The van der Waals surface area contributed by atoms with Crippen LogP contribution in [0.4, 0.5) is 11.5 Å². The zero-order valence-electron chi connectivity index (χ0n) is 11.2. The number of aromatic nitrogens is 1. The van der Waals surface area contributed by atoms with Crippen LogP contribution in [-0.4, -0.2) is 34.2 Å². The van der Waals surface area contributed by atoms with Crippen molar-refractivity contribution in [2.24, 2.45) is 5.92 Å². The Hall–Kier alpha value is -2.20. The fraction of sp³-hybridized carbons (Fsp3) is 0.538. The highest BCUT2D eigenvalue weighted by atomic mass is 16.6. The Kier molecular flexibility index (Phi) is 4.15. The summed E-state index contributed by atoms with van der Waals surface area (Å²) < 4.78 is 0. The number of hydrogen-bond donors (Lipinski definition) is 1. The highest BCUT2D eigenvalue weighted by molar-refractivity contribution is 5.60.